The molecule has 6 heteroatoms. The van der Waals surface area contributed by atoms with Gasteiger partial charge in [-0.1, -0.05) is 42.0 Å². The summed E-state index contributed by atoms with van der Waals surface area (Å²) in [5.41, 5.74) is 0.942. The van der Waals surface area contributed by atoms with Gasteiger partial charge in [0, 0.05) is 23.2 Å². The van der Waals surface area contributed by atoms with Crippen molar-refractivity contribution in [3.8, 4) is 0 Å². The second kappa shape index (κ2) is 7.59. The molecule has 0 bridgehead atoms. The summed E-state index contributed by atoms with van der Waals surface area (Å²) in [4.78, 5) is 16.3. The van der Waals surface area contributed by atoms with Crippen molar-refractivity contribution in [2.24, 2.45) is 0 Å². The van der Waals surface area contributed by atoms with E-state index in [0.29, 0.717) is 10.8 Å². The highest BCUT2D eigenvalue weighted by molar-refractivity contribution is 6.30. The number of nitrogens with one attached hydrogen (secondary N) is 1. The Hall–Kier alpha value is -2.50. The number of rotatable bonds is 5. The van der Waals surface area contributed by atoms with Crippen LogP contribution in [0.2, 0.25) is 5.02 Å². The van der Waals surface area contributed by atoms with Crippen LogP contribution in [0, 0.1) is 0 Å². The van der Waals surface area contributed by atoms with Crippen LogP contribution in [0.1, 0.15) is 12.0 Å². The molecule has 0 saturated carbocycles. The van der Waals surface area contributed by atoms with Crippen molar-refractivity contribution in [2.75, 3.05) is 5.32 Å². The van der Waals surface area contributed by atoms with Crippen molar-refractivity contribution < 1.29 is 13.9 Å². The third-order valence-corrected chi connectivity index (χ3v) is 3.84. The lowest BCUT2D eigenvalue weighted by Gasteiger charge is -2.24. The van der Waals surface area contributed by atoms with Gasteiger partial charge < -0.3 is 10.1 Å². The molecule has 1 atom stereocenters. The van der Waals surface area contributed by atoms with Gasteiger partial charge in [-0.3, -0.25) is 4.79 Å². The number of hydrogen-bond acceptors (Lipinski definition) is 3. The van der Waals surface area contributed by atoms with Crippen LogP contribution in [-0.2, 0) is 16.1 Å². The highest BCUT2D eigenvalue weighted by Gasteiger charge is 2.31. The number of carbonyl (C=O) groups excluding carboxylic acids is 1. The Balaban J connectivity index is 1.67. The highest BCUT2D eigenvalue weighted by atomic mass is 35.5. The third-order valence-electron chi connectivity index (χ3n) is 3.60. The maximum absolute atomic E-state index is 14.9. The van der Waals surface area contributed by atoms with Crippen LogP contribution >= 0.6 is 11.6 Å². The van der Waals surface area contributed by atoms with Gasteiger partial charge in [0.15, 0.2) is 0 Å². The minimum atomic E-state index is -2.05. The zero-order chi connectivity index (χ0) is 17.7. The lowest BCUT2D eigenvalue weighted by molar-refractivity contribution is -0.119. The minimum absolute atomic E-state index is 0.0356. The molecule has 1 unspecified atom stereocenters. The van der Waals surface area contributed by atoms with Crippen LogP contribution < -0.4 is 5.32 Å². The van der Waals surface area contributed by atoms with Gasteiger partial charge in [-0.15, -0.1) is 0 Å². The summed E-state index contributed by atoms with van der Waals surface area (Å²) in [5.74, 6) is -2.09. The zero-order valence-corrected chi connectivity index (χ0v) is 14.0. The van der Waals surface area contributed by atoms with Crippen LogP contribution in [0.5, 0.6) is 0 Å². The SMILES string of the molecule is O=C(Nc1ccccn1)C1=CC(F)(OCc2cccc(Cl)c2)CC=C1. The first-order valence-electron chi connectivity index (χ1n) is 7.73. The Bertz CT molecular complexity index is 823. The maximum Gasteiger partial charge on any atom is 0.256 e. The number of alkyl halides is 1. The summed E-state index contributed by atoms with van der Waals surface area (Å²) < 4.78 is 20.3. The highest BCUT2D eigenvalue weighted by Crippen LogP contribution is 2.29. The Labute approximate surface area is 150 Å². The second-order valence-electron chi connectivity index (χ2n) is 5.58. The smallest absolute Gasteiger partial charge is 0.256 e. The molecule has 3 rings (SSSR count). The summed E-state index contributed by atoms with van der Waals surface area (Å²) in [7, 11) is 0. The van der Waals surface area contributed by atoms with Crippen molar-refractivity contribution in [1.82, 2.24) is 4.98 Å². The van der Waals surface area contributed by atoms with E-state index in [1.54, 1.807) is 60.8 Å². The van der Waals surface area contributed by atoms with Crippen LogP contribution in [0.3, 0.4) is 0 Å². The molecule has 4 nitrogen and oxygen atoms in total. The topological polar surface area (TPSA) is 51.2 Å². The first kappa shape index (κ1) is 17.3. The number of nitrogens with zero attached hydrogens (tertiary/aromatic N) is 1. The maximum atomic E-state index is 14.9. The molecule has 0 aliphatic heterocycles. The molecule has 2 aromatic rings. The fourth-order valence-electron chi connectivity index (χ4n) is 2.38. The Morgan fingerprint density at radius 2 is 2.20 bits per heavy atom. The number of aromatic nitrogens is 1. The van der Waals surface area contributed by atoms with Crippen LogP contribution in [-0.4, -0.2) is 16.7 Å². The third kappa shape index (κ3) is 4.75. The summed E-state index contributed by atoms with van der Waals surface area (Å²) in [5, 5.41) is 3.18. The Kier molecular flexibility index (Phi) is 5.26. The molecule has 1 aromatic carbocycles. The van der Waals surface area contributed by atoms with E-state index in [9.17, 15) is 9.18 Å². The van der Waals surface area contributed by atoms with Gasteiger partial charge in [0.05, 0.1) is 6.61 Å². The summed E-state index contributed by atoms with van der Waals surface area (Å²) in [6.07, 6.45) is 5.93. The molecule has 1 heterocycles. The first-order chi connectivity index (χ1) is 12.0. The molecule has 0 saturated heterocycles. The lowest BCUT2D eigenvalue weighted by atomic mass is 10.0. The van der Waals surface area contributed by atoms with E-state index in [0.717, 1.165) is 5.56 Å². The van der Waals surface area contributed by atoms with Crippen molar-refractivity contribution in [3.63, 3.8) is 0 Å². The number of halogens is 2. The van der Waals surface area contributed by atoms with E-state index in [2.05, 4.69) is 10.3 Å². The molecule has 0 spiro atoms. The van der Waals surface area contributed by atoms with Gasteiger partial charge in [0.1, 0.15) is 5.82 Å². The molecule has 1 aliphatic carbocycles. The Morgan fingerprint density at radius 3 is 2.96 bits per heavy atom. The van der Waals surface area contributed by atoms with Crippen LogP contribution in [0.25, 0.3) is 0 Å². The monoisotopic (exact) mass is 358 g/mol. The number of benzene rings is 1. The van der Waals surface area contributed by atoms with E-state index in [4.69, 9.17) is 16.3 Å². The quantitative estimate of drug-likeness (QED) is 0.859. The first-order valence-corrected chi connectivity index (χ1v) is 8.11. The zero-order valence-electron chi connectivity index (χ0n) is 13.3. The molecule has 1 N–H and O–H groups in total. The van der Waals surface area contributed by atoms with Gasteiger partial charge >= 0.3 is 0 Å². The number of amides is 1. The average Bonchev–Trinajstić information content (AvgIpc) is 2.61. The van der Waals surface area contributed by atoms with E-state index >= 15 is 0 Å². The van der Waals surface area contributed by atoms with Crippen molar-refractivity contribution in [3.05, 3.63) is 83.0 Å². The van der Waals surface area contributed by atoms with Crippen molar-refractivity contribution >= 4 is 23.3 Å². The fraction of sp³-hybridized carbons (Fsp3) is 0.158. The Morgan fingerprint density at radius 1 is 1.32 bits per heavy atom. The standard InChI is InChI=1S/C19H16ClFN2O2/c20-16-7-3-5-14(11-16)13-25-19(21)9-4-6-15(12-19)18(24)23-17-8-1-2-10-22-17/h1-8,10-12H,9,13H2,(H,22,23,24). The van der Waals surface area contributed by atoms with Crippen molar-refractivity contribution in [1.29, 1.82) is 0 Å². The van der Waals surface area contributed by atoms with E-state index < -0.39 is 11.8 Å². The lowest BCUT2D eigenvalue weighted by Crippen LogP contribution is -2.28. The summed E-state index contributed by atoms with van der Waals surface area (Å²) in [6, 6.07) is 12.2. The largest absolute Gasteiger partial charge is 0.338 e. The predicted octanol–water partition coefficient (Wildman–Crippen LogP) is 4.44. The number of anilines is 1. The minimum Gasteiger partial charge on any atom is -0.338 e. The molecule has 0 fully saturated rings. The fourth-order valence-corrected chi connectivity index (χ4v) is 2.60. The van der Waals surface area contributed by atoms with Crippen molar-refractivity contribution in [2.45, 2.75) is 18.9 Å². The number of ether oxygens (including phenoxy) is 1. The summed E-state index contributed by atoms with van der Waals surface area (Å²) in [6.45, 7) is 0.0521. The number of hydrogen-bond donors (Lipinski definition) is 1. The van der Waals surface area contributed by atoms with Gasteiger partial charge in [-0.25, -0.2) is 9.37 Å². The number of pyridine rings is 1. The van der Waals surface area contributed by atoms with E-state index in [-0.39, 0.29) is 18.6 Å². The molecule has 128 valence electrons. The molecular weight excluding hydrogens is 343 g/mol. The molecule has 1 amide bonds. The number of carbonyl (C=O) groups is 1. The normalized spacial score (nSPS) is 19.4. The molecule has 1 aliphatic rings. The van der Waals surface area contributed by atoms with Crippen LogP contribution in [0.4, 0.5) is 10.2 Å². The predicted molar refractivity (Wildman–Crippen MR) is 94.8 cm³/mol. The molecule has 1 aromatic heterocycles. The molecular formula is C19H16ClFN2O2. The second-order valence-corrected chi connectivity index (χ2v) is 6.02. The van der Waals surface area contributed by atoms with E-state index in [1.807, 2.05) is 0 Å². The van der Waals surface area contributed by atoms with Gasteiger partial charge in [0.25, 0.3) is 5.91 Å². The van der Waals surface area contributed by atoms with Gasteiger partial charge in [-0.2, -0.15) is 0 Å². The van der Waals surface area contributed by atoms with Gasteiger partial charge in [0.2, 0.25) is 5.85 Å². The summed E-state index contributed by atoms with van der Waals surface area (Å²) >= 11 is 5.91. The van der Waals surface area contributed by atoms with E-state index in [1.165, 1.54) is 6.08 Å². The molecule has 0 radical (unpaired) electrons. The van der Waals surface area contributed by atoms with Crippen LogP contribution in [0.15, 0.2) is 72.5 Å². The molecule has 25 heavy (non-hydrogen) atoms. The van der Waals surface area contributed by atoms with Gasteiger partial charge in [-0.05, 0) is 35.9 Å². The average molecular weight is 359 g/mol.